The van der Waals surface area contributed by atoms with Gasteiger partial charge in [0.05, 0.1) is 6.61 Å². The molecule has 0 aliphatic rings. The van der Waals surface area contributed by atoms with E-state index in [1.165, 1.54) is 5.56 Å². The molecule has 0 aromatic heterocycles. The fourth-order valence-corrected chi connectivity index (χ4v) is 1.86. The van der Waals surface area contributed by atoms with E-state index in [4.69, 9.17) is 16.3 Å². The standard InChI is InChI=1S/C14H12BrClO/c15-12-3-7-14(8-4-12)17-10-9-11-1-5-13(16)6-2-11/h1-8H,9-10H2. The van der Waals surface area contributed by atoms with E-state index in [9.17, 15) is 0 Å². The van der Waals surface area contributed by atoms with E-state index in [0.717, 1.165) is 21.7 Å². The molecule has 2 rings (SSSR count). The Balaban J connectivity index is 1.83. The van der Waals surface area contributed by atoms with Crippen LogP contribution < -0.4 is 4.74 Å². The molecule has 0 spiro atoms. The summed E-state index contributed by atoms with van der Waals surface area (Å²) in [6.45, 7) is 0.670. The molecule has 1 nitrogen and oxygen atoms in total. The first-order chi connectivity index (χ1) is 8.24. The zero-order valence-electron chi connectivity index (χ0n) is 9.20. The van der Waals surface area contributed by atoms with Crippen LogP contribution in [0.5, 0.6) is 5.75 Å². The van der Waals surface area contributed by atoms with Crippen molar-refractivity contribution in [1.29, 1.82) is 0 Å². The molecule has 2 aromatic carbocycles. The monoisotopic (exact) mass is 310 g/mol. The van der Waals surface area contributed by atoms with E-state index in [2.05, 4.69) is 15.9 Å². The third-order valence-electron chi connectivity index (χ3n) is 2.39. The number of ether oxygens (including phenoxy) is 1. The number of hydrogen-bond donors (Lipinski definition) is 0. The molecule has 0 unspecified atom stereocenters. The molecule has 0 atom stereocenters. The fraction of sp³-hybridized carbons (Fsp3) is 0.143. The highest BCUT2D eigenvalue weighted by Crippen LogP contribution is 2.16. The number of benzene rings is 2. The van der Waals surface area contributed by atoms with Gasteiger partial charge in [-0.25, -0.2) is 0 Å². The average molecular weight is 312 g/mol. The zero-order valence-corrected chi connectivity index (χ0v) is 11.5. The Morgan fingerprint density at radius 1 is 0.941 bits per heavy atom. The smallest absolute Gasteiger partial charge is 0.119 e. The quantitative estimate of drug-likeness (QED) is 0.793. The Labute approximate surface area is 115 Å². The molecule has 0 N–H and O–H groups in total. The summed E-state index contributed by atoms with van der Waals surface area (Å²) >= 11 is 9.21. The van der Waals surface area contributed by atoms with Crippen LogP contribution in [-0.2, 0) is 6.42 Å². The lowest BCUT2D eigenvalue weighted by molar-refractivity contribution is 0.322. The summed E-state index contributed by atoms with van der Waals surface area (Å²) in [6, 6.07) is 15.7. The molecule has 0 bridgehead atoms. The van der Waals surface area contributed by atoms with Crippen LogP contribution in [0, 0.1) is 0 Å². The lowest BCUT2D eigenvalue weighted by Gasteiger charge is -2.06. The normalized spacial score (nSPS) is 10.2. The summed E-state index contributed by atoms with van der Waals surface area (Å²) < 4.78 is 6.70. The molecule has 0 aliphatic carbocycles. The Hall–Kier alpha value is -0.990. The van der Waals surface area contributed by atoms with Crippen molar-refractivity contribution < 1.29 is 4.74 Å². The molecule has 3 heteroatoms. The molecule has 88 valence electrons. The van der Waals surface area contributed by atoms with Crippen molar-refractivity contribution in [3.8, 4) is 5.75 Å². The lowest BCUT2D eigenvalue weighted by atomic mass is 10.2. The predicted octanol–water partition coefficient (Wildman–Crippen LogP) is 4.72. The van der Waals surface area contributed by atoms with Crippen LogP contribution in [0.1, 0.15) is 5.56 Å². The first kappa shape index (κ1) is 12.5. The van der Waals surface area contributed by atoms with Crippen LogP contribution in [0.4, 0.5) is 0 Å². The Morgan fingerprint density at radius 3 is 2.24 bits per heavy atom. The molecule has 0 saturated heterocycles. The fourth-order valence-electron chi connectivity index (χ4n) is 1.47. The van der Waals surface area contributed by atoms with E-state index in [1.807, 2.05) is 48.5 Å². The van der Waals surface area contributed by atoms with Gasteiger partial charge in [-0.1, -0.05) is 39.7 Å². The molecule has 0 aliphatic heterocycles. The second kappa shape index (κ2) is 6.08. The topological polar surface area (TPSA) is 9.23 Å². The molecular weight excluding hydrogens is 300 g/mol. The first-order valence-corrected chi connectivity index (χ1v) is 6.54. The maximum absolute atomic E-state index is 5.82. The van der Waals surface area contributed by atoms with Crippen LogP contribution in [-0.4, -0.2) is 6.61 Å². The highest BCUT2D eigenvalue weighted by atomic mass is 79.9. The van der Waals surface area contributed by atoms with Gasteiger partial charge in [-0.15, -0.1) is 0 Å². The molecular formula is C14H12BrClO. The minimum absolute atomic E-state index is 0.670. The molecule has 0 heterocycles. The van der Waals surface area contributed by atoms with Gasteiger partial charge < -0.3 is 4.74 Å². The van der Waals surface area contributed by atoms with Gasteiger partial charge in [0, 0.05) is 15.9 Å². The third-order valence-corrected chi connectivity index (χ3v) is 3.17. The van der Waals surface area contributed by atoms with Crippen molar-refractivity contribution >= 4 is 27.5 Å². The number of hydrogen-bond acceptors (Lipinski definition) is 1. The van der Waals surface area contributed by atoms with Gasteiger partial charge in [0.1, 0.15) is 5.75 Å². The SMILES string of the molecule is Clc1ccc(CCOc2ccc(Br)cc2)cc1. The molecule has 0 fully saturated rings. The van der Waals surface area contributed by atoms with E-state index >= 15 is 0 Å². The van der Waals surface area contributed by atoms with Gasteiger partial charge >= 0.3 is 0 Å². The summed E-state index contributed by atoms with van der Waals surface area (Å²) in [5.41, 5.74) is 1.23. The molecule has 0 saturated carbocycles. The van der Waals surface area contributed by atoms with Gasteiger partial charge in [0.2, 0.25) is 0 Å². The van der Waals surface area contributed by atoms with Gasteiger partial charge in [-0.3, -0.25) is 0 Å². The predicted molar refractivity (Wildman–Crippen MR) is 74.8 cm³/mol. The van der Waals surface area contributed by atoms with Crippen LogP contribution in [0.2, 0.25) is 5.02 Å². The molecule has 2 aromatic rings. The summed E-state index contributed by atoms with van der Waals surface area (Å²) in [7, 11) is 0. The summed E-state index contributed by atoms with van der Waals surface area (Å²) in [5, 5.41) is 0.766. The first-order valence-electron chi connectivity index (χ1n) is 5.37. The highest BCUT2D eigenvalue weighted by molar-refractivity contribution is 9.10. The molecule has 0 radical (unpaired) electrons. The zero-order chi connectivity index (χ0) is 12.1. The highest BCUT2D eigenvalue weighted by Gasteiger charge is 1.96. The summed E-state index contributed by atoms with van der Waals surface area (Å²) in [4.78, 5) is 0. The van der Waals surface area contributed by atoms with E-state index in [-0.39, 0.29) is 0 Å². The van der Waals surface area contributed by atoms with Crippen LogP contribution in [0.15, 0.2) is 53.0 Å². The van der Waals surface area contributed by atoms with Crippen LogP contribution in [0.3, 0.4) is 0 Å². The van der Waals surface area contributed by atoms with Crippen molar-refractivity contribution in [1.82, 2.24) is 0 Å². The Bertz CT molecular complexity index is 419. The number of rotatable bonds is 4. The van der Waals surface area contributed by atoms with Crippen LogP contribution in [0.25, 0.3) is 0 Å². The minimum atomic E-state index is 0.670. The second-order valence-corrected chi connectivity index (χ2v) is 5.03. The maximum Gasteiger partial charge on any atom is 0.119 e. The summed E-state index contributed by atoms with van der Waals surface area (Å²) in [6.07, 6.45) is 0.882. The van der Waals surface area contributed by atoms with Crippen LogP contribution >= 0.6 is 27.5 Å². The van der Waals surface area contributed by atoms with Gasteiger partial charge in [0.15, 0.2) is 0 Å². The minimum Gasteiger partial charge on any atom is -0.493 e. The van der Waals surface area contributed by atoms with Gasteiger partial charge in [-0.2, -0.15) is 0 Å². The average Bonchev–Trinajstić information content (AvgIpc) is 2.34. The second-order valence-electron chi connectivity index (χ2n) is 3.68. The Kier molecular flexibility index (Phi) is 4.46. The largest absolute Gasteiger partial charge is 0.493 e. The third kappa shape index (κ3) is 4.06. The molecule has 0 amide bonds. The Morgan fingerprint density at radius 2 is 1.59 bits per heavy atom. The van der Waals surface area contributed by atoms with Gasteiger partial charge in [-0.05, 0) is 42.0 Å². The maximum atomic E-state index is 5.82. The van der Waals surface area contributed by atoms with E-state index in [0.29, 0.717) is 6.61 Å². The van der Waals surface area contributed by atoms with Crippen molar-refractivity contribution in [3.05, 3.63) is 63.6 Å². The summed E-state index contributed by atoms with van der Waals surface area (Å²) in [5.74, 6) is 0.891. The van der Waals surface area contributed by atoms with E-state index in [1.54, 1.807) is 0 Å². The van der Waals surface area contributed by atoms with Crippen molar-refractivity contribution in [2.45, 2.75) is 6.42 Å². The lowest BCUT2D eigenvalue weighted by Crippen LogP contribution is -2.00. The molecule has 17 heavy (non-hydrogen) atoms. The van der Waals surface area contributed by atoms with Gasteiger partial charge in [0.25, 0.3) is 0 Å². The van der Waals surface area contributed by atoms with Crippen molar-refractivity contribution in [3.63, 3.8) is 0 Å². The number of halogens is 2. The van der Waals surface area contributed by atoms with Crippen molar-refractivity contribution in [2.75, 3.05) is 6.61 Å². The van der Waals surface area contributed by atoms with E-state index < -0.39 is 0 Å². The van der Waals surface area contributed by atoms with Crippen molar-refractivity contribution in [2.24, 2.45) is 0 Å².